The zero-order chi connectivity index (χ0) is 15.4. The number of hydrogen-bond acceptors (Lipinski definition) is 4. The van der Waals surface area contributed by atoms with Crippen molar-refractivity contribution < 1.29 is 9.72 Å². The highest BCUT2D eigenvalue weighted by Gasteiger charge is 2.22. The summed E-state index contributed by atoms with van der Waals surface area (Å²) in [5.74, 6) is 0.125. The first-order chi connectivity index (χ1) is 9.97. The number of hydrogen-bond donors (Lipinski definition) is 1. The summed E-state index contributed by atoms with van der Waals surface area (Å²) in [7, 11) is 0. The first-order valence-electron chi connectivity index (χ1n) is 7.23. The molecular weight excluding hydrogens is 270 g/mol. The van der Waals surface area contributed by atoms with Gasteiger partial charge in [-0.3, -0.25) is 14.9 Å². The Morgan fingerprint density at radius 3 is 2.67 bits per heavy atom. The molecule has 0 bridgehead atoms. The normalized spacial score (nSPS) is 17.5. The lowest BCUT2D eigenvalue weighted by molar-refractivity contribution is -0.384. The van der Waals surface area contributed by atoms with Crippen molar-refractivity contribution in [3.63, 3.8) is 0 Å². The maximum atomic E-state index is 11.3. The van der Waals surface area contributed by atoms with Crippen LogP contribution >= 0.6 is 0 Å². The molecule has 1 aliphatic heterocycles. The number of nitrogens with zero attached hydrogens (tertiary/aromatic N) is 2. The van der Waals surface area contributed by atoms with Crippen LogP contribution in [0.1, 0.15) is 38.3 Å². The van der Waals surface area contributed by atoms with Crippen LogP contribution in [0, 0.1) is 10.1 Å². The Morgan fingerprint density at radius 1 is 1.43 bits per heavy atom. The van der Waals surface area contributed by atoms with Crippen molar-refractivity contribution in [1.29, 1.82) is 0 Å². The van der Waals surface area contributed by atoms with Crippen LogP contribution in [-0.2, 0) is 4.79 Å². The standard InChI is InChI=1S/C15H21N3O3/c1-11(13-4-3-5-15(10-13)18(20)21)16-14-6-8-17(9-7-14)12(2)19/h3-5,10-11,14,16H,6-9H2,1-2H3. The third kappa shape index (κ3) is 4.01. The number of carbonyl (C=O) groups excluding carboxylic acids is 1. The van der Waals surface area contributed by atoms with E-state index >= 15 is 0 Å². The number of likely N-dealkylation sites (tertiary alicyclic amines) is 1. The molecule has 1 amide bonds. The first-order valence-corrected chi connectivity index (χ1v) is 7.23. The third-order valence-corrected chi connectivity index (χ3v) is 4.01. The molecule has 1 fully saturated rings. The van der Waals surface area contributed by atoms with Crippen molar-refractivity contribution in [2.24, 2.45) is 0 Å². The Kier molecular flexibility index (Phi) is 4.90. The van der Waals surface area contributed by atoms with E-state index < -0.39 is 0 Å². The van der Waals surface area contributed by atoms with Crippen LogP contribution in [0.5, 0.6) is 0 Å². The van der Waals surface area contributed by atoms with Crippen molar-refractivity contribution in [2.45, 2.75) is 38.8 Å². The number of amides is 1. The van der Waals surface area contributed by atoms with E-state index in [0.29, 0.717) is 6.04 Å². The predicted octanol–water partition coefficient (Wildman–Crippen LogP) is 2.26. The average Bonchev–Trinajstić information content (AvgIpc) is 2.48. The van der Waals surface area contributed by atoms with E-state index in [2.05, 4.69) is 5.32 Å². The minimum absolute atomic E-state index is 0.0544. The predicted molar refractivity (Wildman–Crippen MR) is 79.9 cm³/mol. The topological polar surface area (TPSA) is 75.5 Å². The summed E-state index contributed by atoms with van der Waals surface area (Å²) in [6.07, 6.45) is 1.83. The van der Waals surface area contributed by atoms with Gasteiger partial charge in [0.2, 0.25) is 5.91 Å². The maximum absolute atomic E-state index is 11.3. The Labute approximate surface area is 124 Å². The summed E-state index contributed by atoms with van der Waals surface area (Å²) < 4.78 is 0. The molecule has 0 saturated carbocycles. The van der Waals surface area contributed by atoms with E-state index in [1.807, 2.05) is 17.9 Å². The lowest BCUT2D eigenvalue weighted by Gasteiger charge is -2.33. The zero-order valence-electron chi connectivity index (χ0n) is 12.4. The van der Waals surface area contributed by atoms with Gasteiger partial charge >= 0.3 is 0 Å². The molecule has 1 unspecified atom stereocenters. The van der Waals surface area contributed by atoms with E-state index in [1.165, 1.54) is 6.07 Å². The number of piperidine rings is 1. The molecule has 0 spiro atoms. The Bertz CT molecular complexity index is 525. The van der Waals surface area contributed by atoms with Crippen molar-refractivity contribution in [3.05, 3.63) is 39.9 Å². The monoisotopic (exact) mass is 291 g/mol. The molecule has 0 radical (unpaired) electrons. The lowest BCUT2D eigenvalue weighted by atomic mass is 10.0. The van der Waals surface area contributed by atoms with Crippen molar-refractivity contribution in [3.8, 4) is 0 Å². The molecule has 6 heteroatoms. The summed E-state index contributed by atoms with van der Waals surface area (Å²) in [5, 5.41) is 14.3. The average molecular weight is 291 g/mol. The van der Waals surface area contributed by atoms with E-state index in [9.17, 15) is 14.9 Å². The summed E-state index contributed by atoms with van der Waals surface area (Å²) in [5.41, 5.74) is 1.03. The van der Waals surface area contributed by atoms with Gasteiger partial charge in [-0.05, 0) is 25.3 Å². The molecule has 2 rings (SSSR count). The van der Waals surface area contributed by atoms with Gasteiger partial charge in [-0.15, -0.1) is 0 Å². The minimum Gasteiger partial charge on any atom is -0.343 e. The quantitative estimate of drug-likeness (QED) is 0.682. The molecule has 21 heavy (non-hydrogen) atoms. The first kappa shape index (κ1) is 15.4. The van der Waals surface area contributed by atoms with E-state index in [0.717, 1.165) is 31.5 Å². The van der Waals surface area contributed by atoms with Crippen LogP contribution in [0.2, 0.25) is 0 Å². The lowest BCUT2D eigenvalue weighted by Crippen LogP contribution is -2.44. The van der Waals surface area contributed by atoms with Gasteiger partial charge in [0.05, 0.1) is 4.92 Å². The number of nitrogens with one attached hydrogen (secondary N) is 1. The van der Waals surface area contributed by atoms with Crippen molar-refractivity contribution >= 4 is 11.6 Å². The van der Waals surface area contributed by atoms with Gasteiger partial charge < -0.3 is 10.2 Å². The molecule has 1 saturated heterocycles. The fourth-order valence-electron chi connectivity index (χ4n) is 2.72. The number of nitro groups is 1. The van der Waals surface area contributed by atoms with Crippen LogP contribution < -0.4 is 5.32 Å². The third-order valence-electron chi connectivity index (χ3n) is 4.01. The molecule has 1 N–H and O–H groups in total. The SMILES string of the molecule is CC(=O)N1CCC(NC(C)c2cccc([N+](=O)[O-])c2)CC1. The molecule has 1 aromatic carbocycles. The second-order valence-electron chi connectivity index (χ2n) is 5.52. The second-order valence-corrected chi connectivity index (χ2v) is 5.52. The Hall–Kier alpha value is -1.95. The number of rotatable bonds is 4. The van der Waals surface area contributed by atoms with Gasteiger partial charge in [0.25, 0.3) is 5.69 Å². The second kappa shape index (κ2) is 6.67. The molecule has 1 aromatic rings. The molecular formula is C15H21N3O3. The number of nitro benzene ring substituents is 1. The highest BCUT2D eigenvalue weighted by Crippen LogP contribution is 2.21. The highest BCUT2D eigenvalue weighted by molar-refractivity contribution is 5.73. The molecule has 6 nitrogen and oxygen atoms in total. The Balaban J connectivity index is 1.93. The largest absolute Gasteiger partial charge is 0.343 e. The molecule has 1 heterocycles. The summed E-state index contributed by atoms with van der Waals surface area (Å²) >= 11 is 0. The van der Waals surface area contributed by atoms with Crippen LogP contribution in [0.4, 0.5) is 5.69 Å². The fourth-order valence-corrected chi connectivity index (χ4v) is 2.72. The van der Waals surface area contributed by atoms with Crippen LogP contribution in [-0.4, -0.2) is 34.9 Å². The van der Waals surface area contributed by atoms with E-state index in [4.69, 9.17) is 0 Å². The summed E-state index contributed by atoms with van der Waals surface area (Å²) in [6.45, 7) is 5.15. The van der Waals surface area contributed by atoms with E-state index in [-0.39, 0.29) is 22.6 Å². The van der Waals surface area contributed by atoms with E-state index in [1.54, 1.807) is 19.1 Å². The van der Waals surface area contributed by atoms with Crippen LogP contribution in [0.3, 0.4) is 0 Å². The zero-order valence-corrected chi connectivity index (χ0v) is 12.4. The fraction of sp³-hybridized carbons (Fsp3) is 0.533. The van der Waals surface area contributed by atoms with Gasteiger partial charge in [-0.1, -0.05) is 12.1 Å². The van der Waals surface area contributed by atoms with Crippen molar-refractivity contribution in [2.75, 3.05) is 13.1 Å². The van der Waals surface area contributed by atoms with Crippen molar-refractivity contribution in [1.82, 2.24) is 10.2 Å². The molecule has 1 aliphatic rings. The van der Waals surface area contributed by atoms with Crippen LogP contribution in [0.15, 0.2) is 24.3 Å². The van der Waals surface area contributed by atoms with Gasteiger partial charge in [0.1, 0.15) is 0 Å². The summed E-state index contributed by atoms with van der Waals surface area (Å²) in [6, 6.07) is 7.12. The highest BCUT2D eigenvalue weighted by atomic mass is 16.6. The Morgan fingerprint density at radius 2 is 2.10 bits per heavy atom. The number of carbonyl (C=O) groups is 1. The molecule has 114 valence electrons. The molecule has 0 aromatic heterocycles. The summed E-state index contributed by atoms with van der Waals surface area (Å²) in [4.78, 5) is 23.6. The minimum atomic E-state index is -0.373. The number of benzene rings is 1. The molecule has 1 atom stereocenters. The van der Waals surface area contributed by atoms with Crippen LogP contribution in [0.25, 0.3) is 0 Å². The maximum Gasteiger partial charge on any atom is 0.269 e. The van der Waals surface area contributed by atoms with Gasteiger partial charge in [-0.25, -0.2) is 0 Å². The smallest absolute Gasteiger partial charge is 0.269 e. The van der Waals surface area contributed by atoms with Gasteiger partial charge in [0, 0.05) is 44.2 Å². The van der Waals surface area contributed by atoms with Gasteiger partial charge in [0.15, 0.2) is 0 Å². The van der Waals surface area contributed by atoms with Gasteiger partial charge in [-0.2, -0.15) is 0 Å². The molecule has 0 aliphatic carbocycles. The number of non-ortho nitro benzene ring substituents is 1.